The van der Waals surface area contributed by atoms with E-state index in [1.807, 2.05) is 30.3 Å². The molecule has 162 valence electrons. The van der Waals surface area contributed by atoms with E-state index in [9.17, 15) is 18.4 Å². The number of hydrogen-bond donors (Lipinski definition) is 1. The van der Waals surface area contributed by atoms with Gasteiger partial charge in [-0.05, 0) is 44.2 Å². The van der Waals surface area contributed by atoms with E-state index in [2.05, 4.69) is 11.9 Å². The van der Waals surface area contributed by atoms with Gasteiger partial charge in [-0.1, -0.05) is 43.0 Å². The van der Waals surface area contributed by atoms with Crippen LogP contribution in [0.1, 0.15) is 35.3 Å². The summed E-state index contributed by atoms with van der Waals surface area (Å²) in [6.07, 6.45) is 0. The summed E-state index contributed by atoms with van der Waals surface area (Å²) in [5.41, 5.74) is 0.614. The van der Waals surface area contributed by atoms with Crippen LogP contribution in [0.3, 0.4) is 0 Å². The van der Waals surface area contributed by atoms with Crippen LogP contribution >= 0.6 is 0 Å². The quantitative estimate of drug-likeness (QED) is 0.629. The van der Waals surface area contributed by atoms with Crippen LogP contribution in [0.15, 0.2) is 64.7 Å². The highest BCUT2D eigenvalue weighted by atomic mass is 19.1. The first-order valence-corrected chi connectivity index (χ1v) is 9.91. The molecule has 5 nitrogen and oxygen atoms in total. The average Bonchev–Trinajstić information content (AvgIpc) is 2.73. The second-order valence-electron chi connectivity index (χ2n) is 7.48. The van der Waals surface area contributed by atoms with Crippen molar-refractivity contribution < 1.29 is 8.78 Å². The molecule has 0 aliphatic carbocycles. The molecule has 1 N–H and O–H groups in total. The van der Waals surface area contributed by atoms with Crippen LogP contribution < -0.4 is 16.6 Å². The van der Waals surface area contributed by atoms with Crippen molar-refractivity contribution in [1.29, 1.82) is 0 Å². The van der Waals surface area contributed by atoms with Gasteiger partial charge in [0.2, 0.25) is 0 Å². The maximum atomic E-state index is 14.3. The molecule has 0 bridgehead atoms. The van der Waals surface area contributed by atoms with Crippen molar-refractivity contribution in [3.05, 3.63) is 110 Å². The summed E-state index contributed by atoms with van der Waals surface area (Å²) in [6.45, 7) is 6.84. The molecule has 7 heteroatoms. The summed E-state index contributed by atoms with van der Waals surface area (Å²) in [4.78, 5) is 26.5. The molecule has 0 spiro atoms. The Kier molecular flexibility index (Phi) is 6.65. The average molecular weight is 425 g/mol. The highest BCUT2D eigenvalue weighted by Crippen LogP contribution is 2.18. The largest absolute Gasteiger partial charge is 0.331 e. The van der Waals surface area contributed by atoms with Gasteiger partial charge in [-0.3, -0.25) is 13.9 Å². The summed E-state index contributed by atoms with van der Waals surface area (Å²) < 4.78 is 30.9. The second kappa shape index (κ2) is 9.22. The van der Waals surface area contributed by atoms with Gasteiger partial charge in [0.15, 0.2) is 0 Å². The number of hydrogen-bond acceptors (Lipinski definition) is 3. The summed E-state index contributed by atoms with van der Waals surface area (Å²) in [6, 6.07) is 12.6. The zero-order valence-electron chi connectivity index (χ0n) is 17.8. The van der Waals surface area contributed by atoms with E-state index in [0.29, 0.717) is 11.3 Å². The topological polar surface area (TPSA) is 56.0 Å². The lowest BCUT2D eigenvalue weighted by molar-refractivity contribution is 0.454. The van der Waals surface area contributed by atoms with Crippen LogP contribution in [0, 0.1) is 18.6 Å². The fraction of sp³-hybridized carbons (Fsp3) is 0.250. The minimum Gasteiger partial charge on any atom is -0.312 e. The molecular weight excluding hydrogens is 400 g/mol. The Morgan fingerprint density at radius 1 is 1.03 bits per heavy atom. The molecule has 3 aromatic rings. The number of allylic oxidation sites excluding steroid dienone is 1. The van der Waals surface area contributed by atoms with Crippen molar-refractivity contribution in [2.75, 3.05) is 7.05 Å². The first-order chi connectivity index (χ1) is 14.8. The summed E-state index contributed by atoms with van der Waals surface area (Å²) in [5, 5.41) is 3.12. The molecule has 0 fully saturated rings. The van der Waals surface area contributed by atoms with Gasteiger partial charge in [0.1, 0.15) is 11.6 Å². The Morgan fingerprint density at radius 2 is 1.65 bits per heavy atom. The second-order valence-corrected chi connectivity index (χ2v) is 7.48. The van der Waals surface area contributed by atoms with E-state index >= 15 is 0 Å². The lowest BCUT2D eigenvalue weighted by Gasteiger charge is -2.21. The predicted molar refractivity (Wildman–Crippen MR) is 118 cm³/mol. The molecule has 1 aromatic heterocycles. The lowest BCUT2D eigenvalue weighted by atomic mass is 10.1. The molecule has 31 heavy (non-hydrogen) atoms. The van der Waals surface area contributed by atoms with Gasteiger partial charge in [0.05, 0.1) is 24.7 Å². The van der Waals surface area contributed by atoms with Crippen molar-refractivity contribution in [2.45, 2.75) is 33.0 Å². The third kappa shape index (κ3) is 4.41. The van der Waals surface area contributed by atoms with Gasteiger partial charge >= 0.3 is 5.69 Å². The minimum atomic E-state index is -0.752. The summed E-state index contributed by atoms with van der Waals surface area (Å²) in [7, 11) is 1.74. The molecule has 0 amide bonds. The SMILES string of the molecule is C=C(C)c1c(C)n(Cc2c(F)cccc2F)c(=O)n(C[C@H](NC)c2ccccc2)c1=O. The van der Waals surface area contributed by atoms with E-state index in [-0.39, 0.29) is 30.3 Å². The summed E-state index contributed by atoms with van der Waals surface area (Å²) in [5.74, 6) is -1.50. The highest BCUT2D eigenvalue weighted by molar-refractivity contribution is 5.62. The zero-order valence-corrected chi connectivity index (χ0v) is 17.8. The van der Waals surface area contributed by atoms with Crippen molar-refractivity contribution >= 4 is 5.57 Å². The molecule has 0 aliphatic heterocycles. The maximum absolute atomic E-state index is 14.3. The molecule has 0 saturated heterocycles. The molecule has 0 saturated carbocycles. The first kappa shape index (κ1) is 22.4. The Morgan fingerprint density at radius 3 is 2.19 bits per heavy atom. The summed E-state index contributed by atoms with van der Waals surface area (Å²) >= 11 is 0. The molecule has 1 atom stereocenters. The van der Waals surface area contributed by atoms with Crippen molar-refractivity contribution in [3.8, 4) is 0 Å². The molecule has 3 rings (SSSR count). The number of nitrogens with one attached hydrogen (secondary N) is 1. The predicted octanol–water partition coefficient (Wildman–Crippen LogP) is 3.64. The van der Waals surface area contributed by atoms with E-state index in [0.717, 1.165) is 22.3 Å². The van der Waals surface area contributed by atoms with Gasteiger partial charge in [0, 0.05) is 11.3 Å². The third-order valence-electron chi connectivity index (χ3n) is 5.41. The van der Waals surface area contributed by atoms with Crippen LogP contribution in [0.2, 0.25) is 0 Å². The molecular formula is C24H25F2N3O2. The Hall–Kier alpha value is -3.32. The molecule has 0 radical (unpaired) electrons. The van der Waals surface area contributed by atoms with Gasteiger partial charge in [-0.15, -0.1) is 0 Å². The molecule has 0 unspecified atom stereocenters. The van der Waals surface area contributed by atoms with Crippen molar-refractivity contribution in [3.63, 3.8) is 0 Å². The Bertz CT molecular complexity index is 1210. The van der Waals surface area contributed by atoms with Gasteiger partial charge in [0.25, 0.3) is 5.56 Å². The lowest BCUT2D eigenvalue weighted by Crippen LogP contribution is -2.45. The normalized spacial score (nSPS) is 12.0. The molecule has 1 heterocycles. The number of benzene rings is 2. The fourth-order valence-corrected chi connectivity index (χ4v) is 3.71. The van der Waals surface area contributed by atoms with Crippen molar-refractivity contribution in [1.82, 2.24) is 14.5 Å². The van der Waals surface area contributed by atoms with Gasteiger partial charge < -0.3 is 5.32 Å². The number of aromatic nitrogens is 2. The van der Waals surface area contributed by atoms with E-state index in [4.69, 9.17) is 0 Å². The highest BCUT2D eigenvalue weighted by Gasteiger charge is 2.21. The Balaban J connectivity index is 2.19. The minimum absolute atomic E-state index is 0.0541. The number of rotatable bonds is 7. The number of likely N-dealkylation sites (N-methyl/N-ethyl adjacent to an activating group) is 1. The first-order valence-electron chi connectivity index (χ1n) is 9.91. The van der Waals surface area contributed by atoms with E-state index < -0.39 is 22.9 Å². The van der Waals surface area contributed by atoms with Crippen LogP contribution in [0.5, 0.6) is 0 Å². The van der Waals surface area contributed by atoms with Crippen molar-refractivity contribution in [2.24, 2.45) is 0 Å². The van der Waals surface area contributed by atoms with Gasteiger partial charge in [-0.2, -0.15) is 0 Å². The number of nitrogens with zero attached hydrogens (tertiary/aromatic N) is 2. The molecule has 2 aromatic carbocycles. The third-order valence-corrected chi connectivity index (χ3v) is 5.41. The smallest absolute Gasteiger partial charge is 0.312 e. The van der Waals surface area contributed by atoms with Crippen LogP contribution in [-0.4, -0.2) is 16.2 Å². The van der Waals surface area contributed by atoms with Gasteiger partial charge in [-0.25, -0.2) is 13.6 Å². The monoisotopic (exact) mass is 425 g/mol. The van der Waals surface area contributed by atoms with Crippen LogP contribution in [0.25, 0.3) is 5.57 Å². The zero-order chi connectivity index (χ0) is 22.7. The van der Waals surface area contributed by atoms with Crippen LogP contribution in [-0.2, 0) is 13.1 Å². The maximum Gasteiger partial charge on any atom is 0.331 e. The van der Waals surface area contributed by atoms with Crippen LogP contribution in [0.4, 0.5) is 8.78 Å². The standard InChI is InChI=1S/C24H25F2N3O2/c1-15(2)22-16(3)28(13-18-19(25)11-8-12-20(18)26)24(31)29(23(22)30)14-21(27-4)17-9-6-5-7-10-17/h5-12,21,27H,1,13-14H2,2-4H3/t21-/m0/s1. The number of halogens is 2. The Labute approximate surface area is 179 Å². The van der Waals surface area contributed by atoms with E-state index in [1.165, 1.54) is 10.6 Å². The molecule has 0 aliphatic rings. The fourth-order valence-electron chi connectivity index (χ4n) is 3.71. The van der Waals surface area contributed by atoms with E-state index in [1.54, 1.807) is 20.9 Å².